The molecule has 1 saturated heterocycles. The van der Waals surface area contributed by atoms with Crippen LogP contribution in [0.15, 0.2) is 66.0 Å². The number of ether oxygens (including phenoxy) is 1. The largest absolute Gasteiger partial charge is 0.374 e. The van der Waals surface area contributed by atoms with Crippen molar-refractivity contribution in [2.45, 2.75) is 24.7 Å². The Bertz CT molecular complexity index is 1020. The number of morpholine rings is 1. The molecule has 0 radical (unpaired) electrons. The molecular formula is C25H30N4O2S. The van der Waals surface area contributed by atoms with Gasteiger partial charge in [-0.05, 0) is 18.1 Å². The van der Waals surface area contributed by atoms with Gasteiger partial charge in [-0.15, -0.1) is 0 Å². The Hall–Kier alpha value is -2.61. The number of benzene rings is 2. The standard InChI is InChI=1S/C25H30N4O2S/c1-19-8-10-21(11-9-19)23-15-27-25(28(23)2)32-18-24(30)26-14-22-17-29(12-13-31-22)16-20-6-4-3-5-7-20/h3-11,15,22H,12-14,16-18H2,1-2H3,(H,26,30). The van der Waals surface area contributed by atoms with Crippen molar-refractivity contribution in [2.75, 3.05) is 32.0 Å². The van der Waals surface area contributed by atoms with Crippen LogP contribution in [0.25, 0.3) is 11.3 Å². The summed E-state index contributed by atoms with van der Waals surface area (Å²) in [5.74, 6) is 0.331. The van der Waals surface area contributed by atoms with Crippen molar-refractivity contribution in [1.82, 2.24) is 19.8 Å². The summed E-state index contributed by atoms with van der Waals surface area (Å²) in [6, 6.07) is 18.8. The summed E-state index contributed by atoms with van der Waals surface area (Å²) >= 11 is 1.45. The summed E-state index contributed by atoms with van der Waals surface area (Å²) in [5.41, 5.74) is 4.69. The van der Waals surface area contributed by atoms with Gasteiger partial charge in [-0.25, -0.2) is 4.98 Å². The average Bonchev–Trinajstić information content (AvgIpc) is 3.18. The molecule has 1 N–H and O–H groups in total. The molecule has 0 spiro atoms. The number of carbonyl (C=O) groups is 1. The maximum Gasteiger partial charge on any atom is 0.230 e. The fourth-order valence-electron chi connectivity index (χ4n) is 3.82. The molecule has 168 valence electrons. The highest BCUT2D eigenvalue weighted by Crippen LogP contribution is 2.25. The van der Waals surface area contributed by atoms with Crippen molar-refractivity contribution >= 4 is 17.7 Å². The van der Waals surface area contributed by atoms with E-state index in [1.54, 1.807) is 0 Å². The average molecular weight is 451 g/mol. The van der Waals surface area contributed by atoms with Crippen LogP contribution in [-0.2, 0) is 23.1 Å². The first-order chi connectivity index (χ1) is 15.6. The van der Waals surface area contributed by atoms with Gasteiger partial charge in [-0.3, -0.25) is 9.69 Å². The van der Waals surface area contributed by atoms with Crippen molar-refractivity contribution in [2.24, 2.45) is 7.05 Å². The van der Waals surface area contributed by atoms with Crippen LogP contribution in [0.2, 0.25) is 0 Å². The molecular weight excluding hydrogens is 420 g/mol. The highest BCUT2D eigenvalue weighted by molar-refractivity contribution is 7.99. The predicted molar refractivity (Wildman–Crippen MR) is 129 cm³/mol. The molecule has 0 bridgehead atoms. The van der Waals surface area contributed by atoms with E-state index in [0.717, 1.165) is 36.0 Å². The number of hydrogen-bond donors (Lipinski definition) is 1. The first-order valence-corrected chi connectivity index (χ1v) is 11.9. The minimum absolute atomic E-state index is 0.00123. The quantitative estimate of drug-likeness (QED) is 0.533. The van der Waals surface area contributed by atoms with Gasteiger partial charge in [-0.2, -0.15) is 0 Å². The van der Waals surface area contributed by atoms with E-state index in [-0.39, 0.29) is 12.0 Å². The molecule has 1 unspecified atom stereocenters. The SMILES string of the molecule is Cc1ccc(-c2cnc(SCC(=O)NCC3CN(Cc4ccccc4)CCO3)n2C)cc1. The first kappa shape index (κ1) is 22.6. The normalized spacial score (nSPS) is 16.8. The molecule has 1 aliphatic rings. The van der Waals surface area contributed by atoms with Gasteiger partial charge in [0.15, 0.2) is 5.16 Å². The minimum Gasteiger partial charge on any atom is -0.374 e. The number of aromatic nitrogens is 2. The van der Waals surface area contributed by atoms with Gasteiger partial charge >= 0.3 is 0 Å². The fraction of sp³-hybridized carbons (Fsp3) is 0.360. The maximum absolute atomic E-state index is 12.4. The van der Waals surface area contributed by atoms with E-state index in [4.69, 9.17) is 4.74 Å². The Morgan fingerprint density at radius 1 is 1.19 bits per heavy atom. The number of thioether (sulfide) groups is 1. The Labute approximate surface area is 194 Å². The summed E-state index contributed by atoms with van der Waals surface area (Å²) in [6.07, 6.45) is 1.88. The summed E-state index contributed by atoms with van der Waals surface area (Å²) in [5, 5.41) is 3.85. The van der Waals surface area contributed by atoms with Crippen molar-refractivity contribution in [3.63, 3.8) is 0 Å². The van der Waals surface area contributed by atoms with E-state index in [1.807, 2.05) is 23.9 Å². The third-order valence-electron chi connectivity index (χ3n) is 5.62. The zero-order valence-electron chi connectivity index (χ0n) is 18.7. The van der Waals surface area contributed by atoms with Gasteiger partial charge < -0.3 is 14.6 Å². The second-order valence-electron chi connectivity index (χ2n) is 8.16. The molecule has 1 aromatic heterocycles. The Kier molecular flexibility index (Phi) is 7.63. The Balaban J connectivity index is 1.23. The lowest BCUT2D eigenvalue weighted by atomic mass is 10.1. The monoisotopic (exact) mass is 450 g/mol. The molecule has 6 nitrogen and oxygen atoms in total. The fourth-order valence-corrected chi connectivity index (χ4v) is 4.60. The molecule has 2 heterocycles. The van der Waals surface area contributed by atoms with Gasteiger partial charge in [0.2, 0.25) is 5.91 Å². The molecule has 0 aliphatic carbocycles. The van der Waals surface area contributed by atoms with Gasteiger partial charge in [0.05, 0.1) is 30.4 Å². The summed E-state index contributed by atoms with van der Waals surface area (Å²) in [6.45, 7) is 5.94. The van der Waals surface area contributed by atoms with Crippen LogP contribution in [0.4, 0.5) is 0 Å². The third-order valence-corrected chi connectivity index (χ3v) is 6.67. The highest BCUT2D eigenvalue weighted by Gasteiger charge is 2.21. The number of nitrogens with zero attached hydrogens (tertiary/aromatic N) is 3. The lowest BCUT2D eigenvalue weighted by Gasteiger charge is -2.33. The minimum atomic E-state index is -0.00123. The number of imidazole rings is 1. The molecule has 2 aromatic carbocycles. The molecule has 3 aromatic rings. The van der Waals surface area contributed by atoms with Crippen LogP contribution in [0.3, 0.4) is 0 Å². The Morgan fingerprint density at radius 3 is 2.75 bits per heavy atom. The number of amides is 1. The second-order valence-corrected chi connectivity index (χ2v) is 9.10. The summed E-state index contributed by atoms with van der Waals surface area (Å²) in [4.78, 5) is 19.3. The molecule has 1 amide bonds. The summed E-state index contributed by atoms with van der Waals surface area (Å²) < 4.78 is 7.90. The van der Waals surface area contributed by atoms with E-state index in [0.29, 0.717) is 18.9 Å². The van der Waals surface area contributed by atoms with E-state index >= 15 is 0 Å². The topological polar surface area (TPSA) is 59.4 Å². The van der Waals surface area contributed by atoms with Gasteiger partial charge in [0, 0.05) is 33.2 Å². The van der Waals surface area contributed by atoms with Gasteiger partial charge in [0.1, 0.15) is 0 Å². The van der Waals surface area contributed by atoms with E-state index in [9.17, 15) is 4.79 Å². The van der Waals surface area contributed by atoms with Crippen LogP contribution in [-0.4, -0.2) is 58.5 Å². The smallest absolute Gasteiger partial charge is 0.230 e. The van der Waals surface area contributed by atoms with E-state index in [2.05, 4.69) is 70.7 Å². The maximum atomic E-state index is 12.4. The number of aryl methyl sites for hydroxylation is 1. The summed E-state index contributed by atoms with van der Waals surface area (Å²) in [7, 11) is 1.99. The second kappa shape index (κ2) is 10.8. The lowest BCUT2D eigenvalue weighted by Crippen LogP contribution is -2.47. The van der Waals surface area contributed by atoms with Crippen molar-refractivity contribution in [3.8, 4) is 11.3 Å². The van der Waals surface area contributed by atoms with Crippen LogP contribution in [0, 0.1) is 6.92 Å². The third kappa shape index (κ3) is 6.00. The lowest BCUT2D eigenvalue weighted by molar-refractivity contribution is -0.119. The molecule has 4 rings (SSSR count). The number of hydrogen-bond acceptors (Lipinski definition) is 5. The predicted octanol–water partition coefficient (Wildman–Crippen LogP) is 3.50. The molecule has 32 heavy (non-hydrogen) atoms. The highest BCUT2D eigenvalue weighted by atomic mass is 32.2. The van der Waals surface area contributed by atoms with Crippen molar-refractivity contribution < 1.29 is 9.53 Å². The molecule has 1 fully saturated rings. The van der Waals surface area contributed by atoms with Crippen LogP contribution >= 0.6 is 11.8 Å². The van der Waals surface area contributed by atoms with Crippen molar-refractivity contribution in [3.05, 3.63) is 71.9 Å². The van der Waals surface area contributed by atoms with Gasteiger partial charge in [0.25, 0.3) is 0 Å². The number of rotatable bonds is 8. The molecule has 1 aliphatic heterocycles. The Morgan fingerprint density at radius 2 is 1.97 bits per heavy atom. The molecule has 7 heteroatoms. The zero-order valence-corrected chi connectivity index (χ0v) is 19.5. The first-order valence-electron chi connectivity index (χ1n) is 10.9. The van der Waals surface area contributed by atoms with E-state index < -0.39 is 0 Å². The molecule has 0 saturated carbocycles. The zero-order chi connectivity index (χ0) is 22.3. The van der Waals surface area contributed by atoms with Gasteiger partial charge in [-0.1, -0.05) is 71.9 Å². The van der Waals surface area contributed by atoms with Crippen LogP contribution < -0.4 is 5.32 Å². The number of carbonyl (C=O) groups excluding carboxylic acids is 1. The molecule has 1 atom stereocenters. The van der Waals surface area contributed by atoms with E-state index in [1.165, 1.54) is 22.9 Å². The van der Waals surface area contributed by atoms with Crippen LogP contribution in [0.5, 0.6) is 0 Å². The van der Waals surface area contributed by atoms with Crippen molar-refractivity contribution in [1.29, 1.82) is 0 Å². The number of nitrogens with one attached hydrogen (secondary N) is 1. The van der Waals surface area contributed by atoms with Crippen LogP contribution in [0.1, 0.15) is 11.1 Å².